The Morgan fingerprint density at radius 1 is 1.04 bits per heavy atom. The van der Waals surface area contributed by atoms with Crippen LogP contribution in [0.1, 0.15) is 50.6 Å². The van der Waals surface area contributed by atoms with E-state index in [0.717, 1.165) is 43.2 Å². The molecule has 1 aliphatic heterocycles. The molecule has 0 unspecified atom stereocenters. The molecule has 1 aromatic rings. The number of aryl methyl sites for hydroxylation is 2. The molecular formula is C20H39IN6O. The molecule has 7 nitrogen and oxygen atoms in total. The molecule has 28 heavy (non-hydrogen) atoms. The molecule has 0 spiro atoms. The summed E-state index contributed by atoms with van der Waals surface area (Å²) < 4.78 is 5.43. The zero-order valence-electron chi connectivity index (χ0n) is 18.1. The molecular weight excluding hydrogens is 467 g/mol. The molecule has 2 rings (SSSR count). The fraction of sp³-hybridized carbons (Fsp3) is 0.800. The summed E-state index contributed by atoms with van der Waals surface area (Å²) in [7, 11) is 1.82. The SMILES string of the molecule is CCc1noc(CC)c1CNC(=NC)NCCCCN1CCN(CC)CC1.I. The molecule has 2 N–H and O–H groups in total. The van der Waals surface area contributed by atoms with E-state index in [-0.39, 0.29) is 24.0 Å². The Morgan fingerprint density at radius 2 is 1.75 bits per heavy atom. The number of rotatable bonds is 10. The predicted octanol–water partition coefficient (Wildman–Crippen LogP) is 2.50. The van der Waals surface area contributed by atoms with Gasteiger partial charge in [0.15, 0.2) is 5.96 Å². The molecule has 1 saturated heterocycles. The maximum atomic E-state index is 5.43. The Bertz CT molecular complexity index is 548. The van der Waals surface area contributed by atoms with Gasteiger partial charge in [0.2, 0.25) is 0 Å². The average molecular weight is 506 g/mol. The van der Waals surface area contributed by atoms with Gasteiger partial charge in [0.1, 0.15) is 5.76 Å². The molecule has 2 heterocycles. The Balaban J connectivity index is 0.00000392. The number of likely N-dealkylation sites (N-methyl/N-ethyl adjacent to an activating group) is 1. The summed E-state index contributed by atoms with van der Waals surface area (Å²) >= 11 is 0. The number of piperazine rings is 1. The van der Waals surface area contributed by atoms with E-state index in [1.807, 2.05) is 7.05 Å². The third kappa shape index (κ3) is 7.87. The second-order valence-electron chi connectivity index (χ2n) is 7.07. The zero-order chi connectivity index (χ0) is 19.5. The van der Waals surface area contributed by atoms with Crippen LogP contribution in [0.25, 0.3) is 0 Å². The zero-order valence-corrected chi connectivity index (χ0v) is 20.4. The minimum absolute atomic E-state index is 0. The lowest BCUT2D eigenvalue weighted by Crippen LogP contribution is -2.46. The number of hydrogen-bond acceptors (Lipinski definition) is 5. The molecule has 0 aliphatic carbocycles. The number of aliphatic imine (C=N–C) groups is 1. The quantitative estimate of drug-likeness (QED) is 0.220. The summed E-state index contributed by atoms with van der Waals surface area (Å²) in [4.78, 5) is 9.44. The molecule has 162 valence electrons. The standard InChI is InChI=1S/C20H38N6O.HI/c1-5-18-17(19(6-2)27-24-18)16-23-20(21-4)22-10-8-9-11-26-14-12-25(7-3)13-15-26;/h5-16H2,1-4H3,(H2,21,22,23);1H. The number of halogens is 1. The van der Waals surface area contributed by atoms with Crippen LogP contribution in [-0.2, 0) is 19.4 Å². The van der Waals surface area contributed by atoms with Gasteiger partial charge in [-0.25, -0.2) is 0 Å². The van der Waals surface area contributed by atoms with E-state index in [4.69, 9.17) is 4.52 Å². The largest absolute Gasteiger partial charge is 0.361 e. The summed E-state index contributed by atoms with van der Waals surface area (Å²) in [6, 6.07) is 0. The van der Waals surface area contributed by atoms with Crippen LogP contribution in [0.3, 0.4) is 0 Å². The van der Waals surface area contributed by atoms with Crippen LogP contribution < -0.4 is 10.6 Å². The van der Waals surface area contributed by atoms with Crippen molar-refractivity contribution >= 4 is 29.9 Å². The van der Waals surface area contributed by atoms with Crippen LogP contribution in [0.2, 0.25) is 0 Å². The first-order chi connectivity index (χ1) is 13.2. The predicted molar refractivity (Wildman–Crippen MR) is 127 cm³/mol. The number of guanidine groups is 1. The van der Waals surface area contributed by atoms with Gasteiger partial charge in [0, 0.05) is 58.3 Å². The number of aromatic nitrogens is 1. The minimum Gasteiger partial charge on any atom is -0.361 e. The van der Waals surface area contributed by atoms with Crippen LogP contribution in [0.15, 0.2) is 9.52 Å². The summed E-state index contributed by atoms with van der Waals surface area (Å²) in [6.45, 7) is 15.3. The van der Waals surface area contributed by atoms with Crippen molar-refractivity contribution in [3.63, 3.8) is 0 Å². The fourth-order valence-electron chi connectivity index (χ4n) is 3.53. The smallest absolute Gasteiger partial charge is 0.191 e. The van der Waals surface area contributed by atoms with Crippen molar-refractivity contribution in [1.29, 1.82) is 0 Å². The van der Waals surface area contributed by atoms with E-state index >= 15 is 0 Å². The highest BCUT2D eigenvalue weighted by Gasteiger charge is 2.15. The van der Waals surface area contributed by atoms with Gasteiger partial charge in [-0.15, -0.1) is 24.0 Å². The molecule has 1 aliphatic rings. The Kier molecular flexibility index (Phi) is 12.7. The first-order valence-electron chi connectivity index (χ1n) is 10.6. The van der Waals surface area contributed by atoms with Gasteiger partial charge in [-0.3, -0.25) is 4.99 Å². The van der Waals surface area contributed by atoms with Gasteiger partial charge < -0.3 is 25.0 Å². The molecule has 1 aromatic heterocycles. The summed E-state index contributed by atoms with van der Waals surface area (Å²) in [6.07, 6.45) is 4.13. The topological polar surface area (TPSA) is 68.9 Å². The van der Waals surface area contributed by atoms with Crippen LogP contribution >= 0.6 is 24.0 Å². The highest BCUT2D eigenvalue weighted by atomic mass is 127. The molecule has 0 atom stereocenters. The van der Waals surface area contributed by atoms with Gasteiger partial charge >= 0.3 is 0 Å². The van der Waals surface area contributed by atoms with Crippen molar-refractivity contribution in [2.75, 3.05) is 52.9 Å². The van der Waals surface area contributed by atoms with Crippen LogP contribution in [0, 0.1) is 0 Å². The van der Waals surface area contributed by atoms with E-state index < -0.39 is 0 Å². The second-order valence-corrected chi connectivity index (χ2v) is 7.07. The van der Waals surface area contributed by atoms with Gasteiger partial charge in [0.25, 0.3) is 0 Å². The lowest BCUT2D eigenvalue weighted by atomic mass is 10.1. The van der Waals surface area contributed by atoms with Gasteiger partial charge in [-0.05, 0) is 32.4 Å². The maximum absolute atomic E-state index is 5.43. The number of unbranched alkanes of at least 4 members (excludes halogenated alkanes) is 1. The Labute approximate surface area is 187 Å². The third-order valence-electron chi connectivity index (χ3n) is 5.37. The monoisotopic (exact) mass is 506 g/mol. The van der Waals surface area contributed by atoms with Crippen LogP contribution in [0.5, 0.6) is 0 Å². The maximum Gasteiger partial charge on any atom is 0.191 e. The summed E-state index contributed by atoms with van der Waals surface area (Å²) in [5.74, 6) is 1.81. The van der Waals surface area contributed by atoms with Crippen LogP contribution in [0.4, 0.5) is 0 Å². The summed E-state index contributed by atoms with van der Waals surface area (Å²) in [5.41, 5.74) is 2.21. The normalized spacial score (nSPS) is 16.1. The van der Waals surface area contributed by atoms with E-state index in [2.05, 4.69) is 51.4 Å². The molecule has 1 fully saturated rings. The van der Waals surface area contributed by atoms with E-state index in [1.165, 1.54) is 51.3 Å². The van der Waals surface area contributed by atoms with Crippen molar-refractivity contribution in [2.24, 2.45) is 4.99 Å². The molecule has 0 aromatic carbocycles. The van der Waals surface area contributed by atoms with Crippen LogP contribution in [-0.4, -0.2) is 73.8 Å². The lowest BCUT2D eigenvalue weighted by Gasteiger charge is -2.34. The van der Waals surface area contributed by atoms with Gasteiger partial charge in [0.05, 0.1) is 5.69 Å². The van der Waals surface area contributed by atoms with E-state index in [0.29, 0.717) is 6.54 Å². The molecule has 0 bridgehead atoms. The van der Waals surface area contributed by atoms with Gasteiger partial charge in [-0.2, -0.15) is 0 Å². The highest BCUT2D eigenvalue weighted by molar-refractivity contribution is 14.0. The minimum atomic E-state index is 0. The van der Waals surface area contributed by atoms with E-state index in [9.17, 15) is 0 Å². The molecule has 8 heteroatoms. The first-order valence-corrected chi connectivity index (χ1v) is 10.6. The first kappa shape index (κ1) is 25.2. The third-order valence-corrected chi connectivity index (χ3v) is 5.37. The Hall–Kier alpha value is -0.870. The van der Waals surface area contributed by atoms with Crippen molar-refractivity contribution < 1.29 is 4.52 Å². The van der Waals surface area contributed by atoms with Crippen molar-refractivity contribution in [3.05, 3.63) is 17.0 Å². The summed E-state index contributed by atoms with van der Waals surface area (Å²) in [5, 5.41) is 11.0. The fourth-order valence-corrected chi connectivity index (χ4v) is 3.53. The van der Waals surface area contributed by atoms with E-state index in [1.54, 1.807) is 0 Å². The Morgan fingerprint density at radius 3 is 2.36 bits per heavy atom. The average Bonchev–Trinajstić information content (AvgIpc) is 3.12. The molecule has 0 radical (unpaired) electrons. The van der Waals surface area contributed by atoms with Gasteiger partial charge in [-0.1, -0.05) is 25.9 Å². The number of nitrogens with zero attached hydrogens (tertiary/aromatic N) is 4. The molecule has 0 amide bonds. The number of hydrogen-bond donors (Lipinski definition) is 2. The van der Waals surface area contributed by atoms with Crippen molar-refractivity contribution in [1.82, 2.24) is 25.6 Å². The number of nitrogens with one attached hydrogen (secondary N) is 2. The molecule has 0 saturated carbocycles. The second kappa shape index (κ2) is 14.2. The highest BCUT2D eigenvalue weighted by Crippen LogP contribution is 2.15. The van der Waals surface area contributed by atoms with Crippen molar-refractivity contribution in [2.45, 2.75) is 53.0 Å². The lowest BCUT2D eigenvalue weighted by molar-refractivity contribution is 0.136. The van der Waals surface area contributed by atoms with Crippen molar-refractivity contribution in [3.8, 4) is 0 Å².